The number of hydrogen-bond acceptors (Lipinski definition) is 6. The molecule has 2 aromatic heterocycles. The minimum Gasteiger partial charge on any atom is -0.353 e. The molecule has 6 nitrogen and oxygen atoms in total. The van der Waals surface area contributed by atoms with Gasteiger partial charge in [-0.2, -0.15) is 0 Å². The van der Waals surface area contributed by atoms with Gasteiger partial charge in [0.1, 0.15) is 5.82 Å². The molecule has 1 aliphatic rings. The second kappa shape index (κ2) is 7.58. The molecule has 1 fully saturated rings. The summed E-state index contributed by atoms with van der Waals surface area (Å²) in [5.41, 5.74) is 3.44. The van der Waals surface area contributed by atoms with E-state index in [1.807, 2.05) is 30.7 Å². The minimum atomic E-state index is 0.791. The minimum absolute atomic E-state index is 0.791. The third-order valence-corrected chi connectivity index (χ3v) is 4.74. The van der Waals surface area contributed by atoms with Gasteiger partial charge in [-0.1, -0.05) is 24.3 Å². The smallest absolute Gasteiger partial charge is 0.159 e. The molecule has 1 saturated heterocycles. The van der Waals surface area contributed by atoms with Crippen molar-refractivity contribution >= 4 is 5.82 Å². The molecular weight excluding hydrogens is 324 g/mol. The highest BCUT2D eigenvalue weighted by Crippen LogP contribution is 2.19. The van der Waals surface area contributed by atoms with Crippen LogP contribution in [0, 0.1) is 6.92 Å². The van der Waals surface area contributed by atoms with E-state index in [0.717, 1.165) is 55.5 Å². The maximum Gasteiger partial charge on any atom is 0.159 e. The Morgan fingerprint density at radius 3 is 2.35 bits per heavy atom. The highest BCUT2D eigenvalue weighted by atomic mass is 15.3. The molecule has 0 unspecified atom stereocenters. The van der Waals surface area contributed by atoms with Crippen molar-refractivity contribution in [3.63, 3.8) is 0 Å². The van der Waals surface area contributed by atoms with Crippen LogP contribution in [0.15, 0.2) is 55.2 Å². The summed E-state index contributed by atoms with van der Waals surface area (Å²) in [6, 6.07) is 8.21. The number of rotatable bonds is 4. The van der Waals surface area contributed by atoms with E-state index in [1.165, 1.54) is 5.56 Å². The van der Waals surface area contributed by atoms with E-state index in [-0.39, 0.29) is 0 Å². The Labute approximate surface area is 153 Å². The Kier molecular flexibility index (Phi) is 4.84. The second-order valence-corrected chi connectivity index (χ2v) is 6.56. The lowest BCUT2D eigenvalue weighted by molar-refractivity contribution is 0.249. The number of aromatic nitrogens is 4. The molecule has 0 bridgehead atoms. The van der Waals surface area contributed by atoms with Crippen molar-refractivity contribution in [3.8, 4) is 11.4 Å². The zero-order chi connectivity index (χ0) is 17.8. The molecule has 3 heterocycles. The van der Waals surface area contributed by atoms with Gasteiger partial charge in [-0.05, 0) is 12.5 Å². The van der Waals surface area contributed by atoms with Gasteiger partial charge in [-0.3, -0.25) is 9.88 Å². The van der Waals surface area contributed by atoms with Gasteiger partial charge >= 0.3 is 0 Å². The van der Waals surface area contributed by atoms with Crippen LogP contribution in [0.25, 0.3) is 11.4 Å². The van der Waals surface area contributed by atoms with E-state index in [9.17, 15) is 0 Å². The van der Waals surface area contributed by atoms with Crippen molar-refractivity contribution in [2.75, 3.05) is 31.1 Å². The summed E-state index contributed by atoms with van der Waals surface area (Å²) < 4.78 is 0. The monoisotopic (exact) mass is 346 g/mol. The zero-order valence-corrected chi connectivity index (χ0v) is 14.9. The summed E-state index contributed by atoms with van der Waals surface area (Å²) in [7, 11) is 0. The first kappa shape index (κ1) is 16.6. The second-order valence-electron chi connectivity index (χ2n) is 6.56. The molecule has 0 saturated carbocycles. The molecule has 0 N–H and O–H groups in total. The van der Waals surface area contributed by atoms with Gasteiger partial charge in [0, 0.05) is 68.6 Å². The number of nitrogens with zero attached hydrogens (tertiary/aromatic N) is 6. The van der Waals surface area contributed by atoms with Crippen molar-refractivity contribution in [2.45, 2.75) is 13.5 Å². The molecule has 1 aromatic carbocycles. The van der Waals surface area contributed by atoms with E-state index in [4.69, 9.17) is 0 Å². The fourth-order valence-electron chi connectivity index (χ4n) is 3.25. The maximum atomic E-state index is 4.57. The van der Waals surface area contributed by atoms with Crippen LogP contribution in [0.4, 0.5) is 5.82 Å². The molecule has 1 aliphatic heterocycles. The number of aryl methyl sites for hydroxylation is 1. The third-order valence-electron chi connectivity index (χ3n) is 4.74. The molecule has 0 spiro atoms. The van der Waals surface area contributed by atoms with E-state index >= 15 is 0 Å². The average molecular weight is 346 g/mol. The van der Waals surface area contributed by atoms with E-state index < -0.39 is 0 Å². The highest BCUT2D eigenvalue weighted by molar-refractivity contribution is 5.59. The lowest BCUT2D eigenvalue weighted by Crippen LogP contribution is -2.46. The number of hydrogen-bond donors (Lipinski definition) is 0. The highest BCUT2D eigenvalue weighted by Gasteiger charge is 2.18. The molecule has 0 aliphatic carbocycles. The van der Waals surface area contributed by atoms with Gasteiger partial charge in [0.05, 0.1) is 6.20 Å². The van der Waals surface area contributed by atoms with Gasteiger partial charge in [0.2, 0.25) is 0 Å². The van der Waals surface area contributed by atoms with Crippen LogP contribution >= 0.6 is 0 Å². The zero-order valence-electron chi connectivity index (χ0n) is 14.9. The van der Waals surface area contributed by atoms with Gasteiger partial charge in [-0.25, -0.2) is 15.0 Å². The molecule has 132 valence electrons. The molecule has 0 amide bonds. The van der Waals surface area contributed by atoms with Crippen LogP contribution < -0.4 is 4.90 Å². The van der Waals surface area contributed by atoms with Crippen molar-refractivity contribution in [1.29, 1.82) is 0 Å². The summed E-state index contributed by atoms with van der Waals surface area (Å²) in [6.45, 7) is 6.87. The number of piperazine rings is 1. The molecule has 4 rings (SSSR count). The third kappa shape index (κ3) is 3.70. The molecule has 6 heteroatoms. The molecule has 3 aromatic rings. The number of anilines is 1. The van der Waals surface area contributed by atoms with Gasteiger partial charge in [0.25, 0.3) is 0 Å². The normalized spacial score (nSPS) is 15.2. The first-order valence-electron chi connectivity index (χ1n) is 8.90. The van der Waals surface area contributed by atoms with Gasteiger partial charge < -0.3 is 4.90 Å². The molecular formula is C20H22N6. The van der Waals surface area contributed by atoms with Crippen LogP contribution in [0.2, 0.25) is 0 Å². The Morgan fingerprint density at radius 1 is 0.885 bits per heavy atom. The lowest BCUT2D eigenvalue weighted by atomic mass is 10.1. The van der Waals surface area contributed by atoms with Crippen LogP contribution in [0.1, 0.15) is 11.1 Å². The Bertz CT molecular complexity index is 842. The standard InChI is InChI=1S/C20H22N6/c1-16-4-2-3-5-18(16)20-23-12-17(13-24-20)15-25-8-10-26(11-9-25)19-14-21-6-7-22-19/h2-7,12-14H,8-11,15H2,1H3. The van der Waals surface area contributed by atoms with E-state index in [2.05, 4.69) is 48.8 Å². The van der Waals surface area contributed by atoms with Crippen LogP contribution in [0.3, 0.4) is 0 Å². The summed E-state index contributed by atoms with van der Waals surface area (Å²) in [4.78, 5) is 22.4. The predicted octanol–water partition coefficient (Wildman–Crippen LogP) is 2.56. The van der Waals surface area contributed by atoms with Crippen LogP contribution in [-0.4, -0.2) is 51.0 Å². The fraction of sp³-hybridized carbons (Fsp3) is 0.300. The quantitative estimate of drug-likeness (QED) is 0.724. The van der Waals surface area contributed by atoms with Gasteiger partial charge in [-0.15, -0.1) is 0 Å². The Balaban J connectivity index is 1.36. The first-order valence-corrected chi connectivity index (χ1v) is 8.90. The summed E-state index contributed by atoms with van der Waals surface area (Å²) in [5.74, 6) is 1.75. The van der Waals surface area contributed by atoms with Gasteiger partial charge in [0.15, 0.2) is 5.82 Å². The Hall–Kier alpha value is -2.86. The van der Waals surface area contributed by atoms with Crippen LogP contribution in [0.5, 0.6) is 0 Å². The SMILES string of the molecule is Cc1ccccc1-c1ncc(CN2CCN(c3cnccn3)CC2)cn1. The van der Waals surface area contributed by atoms with Crippen molar-refractivity contribution in [1.82, 2.24) is 24.8 Å². The van der Waals surface area contributed by atoms with E-state index in [0.29, 0.717) is 0 Å². The molecule has 0 radical (unpaired) electrons. The maximum absolute atomic E-state index is 4.57. The first-order chi connectivity index (χ1) is 12.8. The Morgan fingerprint density at radius 2 is 1.65 bits per heavy atom. The van der Waals surface area contributed by atoms with Crippen molar-refractivity contribution in [3.05, 3.63) is 66.4 Å². The summed E-state index contributed by atoms with van der Waals surface area (Å²) >= 11 is 0. The fourth-order valence-corrected chi connectivity index (χ4v) is 3.25. The molecule has 0 atom stereocenters. The lowest BCUT2D eigenvalue weighted by Gasteiger charge is -2.35. The summed E-state index contributed by atoms with van der Waals surface area (Å²) in [6.07, 6.45) is 9.18. The predicted molar refractivity (Wildman–Crippen MR) is 102 cm³/mol. The molecule has 26 heavy (non-hydrogen) atoms. The number of benzene rings is 1. The van der Waals surface area contributed by atoms with E-state index in [1.54, 1.807) is 12.4 Å². The van der Waals surface area contributed by atoms with Crippen LogP contribution in [-0.2, 0) is 6.54 Å². The largest absolute Gasteiger partial charge is 0.353 e. The average Bonchev–Trinajstić information content (AvgIpc) is 2.70. The topological polar surface area (TPSA) is 58.0 Å². The van der Waals surface area contributed by atoms with Crippen molar-refractivity contribution in [2.24, 2.45) is 0 Å². The van der Waals surface area contributed by atoms with Crippen molar-refractivity contribution < 1.29 is 0 Å². The summed E-state index contributed by atoms with van der Waals surface area (Å²) in [5, 5.41) is 0.